The SMILES string of the molecule is c1ccc(-c2nc3c(-c4ccc(-c5nc6ccccc6s5)cc4)ccc(-c4ccc(-c5nc6ccccc6s5)cc4)c3nc2-c2ccccn2)nc1. The topological polar surface area (TPSA) is 77.3 Å². The number of nitrogens with zero attached hydrogens (tertiary/aromatic N) is 6. The van der Waals surface area contributed by atoms with Crippen molar-refractivity contribution in [2.75, 3.05) is 0 Å². The molecule has 0 atom stereocenters. The first-order valence-corrected chi connectivity index (χ1v) is 18.5. The molecule has 10 aromatic rings. The van der Waals surface area contributed by atoms with Gasteiger partial charge in [0.05, 0.1) is 42.9 Å². The van der Waals surface area contributed by atoms with E-state index in [-0.39, 0.29) is 0 Å². The Morgan fingerprint density at radius 1 is 0.346 bits per heavy atom. The molecule has 0 unspecified atom stereocenters. The Morgan fingerprint density at radius 2 is 0.750 bits per heavy atom. The Kier molecular flexibility index (Phi) is 7.41. The summed E-state index contributed by atoms with van der Waals surface area (Å²) in [5, 5.41) is 2.00. The van der Waals surface area contributed by atoms with Crippen molar-refractivity contribution < 1.29 is 0 Å². The number of rotatable bonds is 6. The van der Waals surface area contributed by atoms with Crippen LogP contribution in [0.25, 0.3) is 97.6 Å². The predicted molar refractivity (Wildman–Crippen MR) is 214 cm³/mol. The van der Waals surface area contributed by atoms with Crippen LogP contribution in [0.15, 0.2) is 158 Å². The summed E-state index contributed by atoms with van der Waals surface area (Å²) in [5.41, 5.74) is 12.7. The second-order valence-electron chi connectivity index (χ2n) is 12.3. The van der Waals surface area contributed by atoms with E-state index >= 15 is 0 Å². The second-order valence-corrected chi connectivity index (χ2v) is 14.4. The van der Waals surface area contributed by atoms with Crippen LogP contribution in [0.3, 0.4) is 0 Å². The van der Waals surface area contributed by atoms with Gasteiger partial charge in [0, 0.05) is 34.6 Å². The van der Waals surface area contributed by atoms with Gasteiger partial charge in [0.25, 0.3) is 0 Å². The van der Waals surface area contributed by atoms with Crippen molar-refractivity contribution in [1.82, 2.24) is 29.9 Å². The van der Waals surface area contributed by atoms with Gasteiger partial charge in [-0.05, 0) is 59.7 Å². The smallest absolute Gasteiger partial charge is 0.124 e. The minimum absolute atomic E-state index is 0.683. The molecular formula is C44H26N6S2. The van der Waals surface area contributed by atoms with Crippen LogP contribution in [-0.2, 0) is 0 Å². The van der Waals surface area contributed by atoms with Crippen molar-refractivity contribution in [3.8, 4) is 66.2 Å². The van der Waals surface area contributed by atoms with E-state index in [4.69, 9.17) is 29.9 Å². The average Bonchev–Trinajstić information content (AvgIpc) is 3.86. The molecule has 0 aliphatic rings. The Morgan fingerprint density at radius 3 is 1.15 bits per heavy atom. The molecule has 0 radical (unpaired) electrons. The van der Waals surface area contributed by atoms with Crippen molar-refractivity contribution >= 4 is 54.1 Å². The van der Waals surface area contributed by atoms with Crippen LogP contribution in [-0.4, -0.2) is 29.9 Å². The van der Waals surface area contributed by atoms with Crippen LogP contribution in [0.2, 0.25) is 0 Å². The summed E-state index contributed by atoms with van der Waals surface area (Å²) < 4.78 is 2.36. The quantitative estimate of drug-likeness (QED) is 0.172. The van der Waals surface area contributed by atoms with E-state index in [0.717, 1.165) is 76.9 Å². The molecule has 5 heterocycles. The van der Waals surface area contributed by atoms with E-state index in [1.165, 1.54) is 9.40 Å². The van der Waals surface area contributed by atoms with Gasteiger partial charge in [0.15, 0.2) is 0 Å². The second kappa shape index (κ2) is 12.7. The summed E-state index contributed by atoms with van der Waals surface area (Å²) in [6.45, 7) is 0. The highest BCUT2D eigenvalue weighted by molar-refractivity contribution is 7.22. The Bertz CT molecular complexity index is 2620. The number of pyridine rings is 2. The zero-order valence-electron chi connectivity index (χ0n) is 27.5. The number of thiazole rings is 2. The molecule has 5 aromatic carbocycles. The van der Waals surface area contributed by atoms with Gasteiger partial charge in [-0.15, -0.1) is 22.7 Å². The molecule has 52 heavy (non-hydrogen) atoms. The fourth-order valence-electron chi connectivity index (χ4n) is 6.54. The third-order valence-corrected chi connectivity index (χ3v) is 11.3. The monoisotopic (exact) mass is 702 g/mol. The molecule has 6 nitrogen and oxygen atoms in total. The predicted octanol–water partition coefficient (Wildman–Crippen LogP) is 11.6. The van der Waals surface area contributed by atoms with Crippen LogP contribution in [0.1, 0.15) is 0 Å². The van der Waals surface area contributed by atoms with Crippen LogP contribution in [0.4, 0.5) is 0 Å². The van der Waals surface area contributed by atoms with Gasteiger partial charge >= 0.3 is 0 Å². The molecule has 0 spiro atoms. The maximum absolute atomic E-state index is 5.40. The highest BCUT2D eigenvalue weighted by Crippen LogP contribution is 2.40. The van der Waals surface area contributed by atoms with E-state index in [0.29, 0.717) is 11.4 Å². The fraction of sp³-hybridized carbons (Fsp3) is 0. The van der Waals surface area contributed by atoms with Gasteiger partial charge in [-0.3, -0.25) is 9.97 Å². The number of hydrogen-bond acceptors (Lipinski definition) is 8. The molecule has 10 rings (SSSR count). The van der Waals surface area contributed by atoms with Crippen molar-refractivity contribution in [1.29, 1.82) is 0 Å². The number of hydrogen-bond donors (Lipinski definition) is 0. The minimum Gasteiger partial charge on any atom is -0.255 e. The van der Waals surface area contributed by atoms with E-state index in [9.17, 15) is 0 Å². The molecule has 0 aliphatic heterocycles. The summed E-state index contributed by atoms with van der Waals surface area (Å²) in [4.78, 5) is 30.0. The van der Waals surface area contributed by atoms with Crippen molar-refractivity contribution in [2.45, 2.75) is 0 Å². The van der Waals surface area contributed by atoms with Gasteiger partial charge in [0.2, 0.25) is 0 Å². The van der Waals surface area contributed by atoms with E-state index in [1.54, 1.807) is 35.1 Å². The maximum atomic E-state index is 5.40. The van der Waals surface area contributed by atoms with E-state index in [1.807, 2.05) is 48.5 Å². The first-order chi connectivity index (χ1) is 25.7. The van der Waals surface area contributed by atoms with Gasteiger partial charge in [-0.2, -0.15) is 0 Å². The van der Waals surface area contributed by atoms with Crippen LogP contribution >= 0.6 is 22.7 Å². The summed E-state index contributed by atoms with van der Waals surface area (Å²) >= 11 is 3.41. The van der Waals surface area contributed by atoms with Gasteiger partial charge in [-0.1, -0.05) is 97.1 Å². The lowest BCUT2D eigenvalue weighted by Crippen LogP contribution is -2.00. The number of benzene rings is 5. The molecule has 5 aromatic heterocycles. The molecule has 0 N–H and O–H groups in total. The summed E-state index contributed by atoms with van der Waals surface area (Å²) in [7, 11) is 0. The molecule has 0 amide bonds. The highest BCUT2D eigenvalue weighted by atomic mass is 32.1. The summed E-state index contributed by atoms with van der Waals surface area (Å²) in [6, 6.07) is 49.7. The van der Waals surface area contributed by atoms with Gasteiger partial charge in [0.1, 0.15) is 21.4 Å². The van der Waals surface area contributed by atoms with Gasteiger partial charge in [-0.25, -0.2) is 19.9 Å². The van der Waals surface area contributed by atoms with Crippen LogP contribution in [0.5, 0.6) is 0 Å². The third-order valence-electron chi connectivity index (χ3n) is 9.11. The van der Waals surface area contributed by atoms with Gasteiger partial charge < -0.3 is 0 Å². The molecule has 0 saturated heterocycles. The van der Waals surface area contributed by atoms with E-state index in [2.05, 4.69) is 97.1 Å². The zero-order chi connectivity index (χ0) is 34.4. The first-order valence-electron chi connectivity index (χ1n) is 16.9. The number of aromatic nitrogens is 6. The van der Waals surface area contributed by atoms with Crippen molar-refractivity contribution in [3.63, 3.8) is 0 Å². The molecule has 0 bridgehead atoms. The highest BCUT2D eigenvalue weighted by Gasteiger charge is 2.20. The molecular weight excluding hydrogens is 677 g/mol. The van der Waals surface area contributed by atoms with Crippen molar-refractivity contribution in [3.05, 3.63) is 158 Å². The standard InChI is InChI=1S/C44H26N6S2/c1-3-13-37-33(9-1)47-43(51-37)29-19-15-27(16-20-29)31-23-24-32(28-17-21-30(22-18-28)44-48-34-10-2-4-14-38(34)52-44)40-39(31)49-41(35-11-5-7-25-45-35)42(50-40)36-12-6-8-26-46-36/h1-26H. The molecule has 0 aliphatic carbocycles. The fourth-order valence-corrected chi connectivity index (χ4v) is 8.48. The van der Waals surface area contributed by atoms with Crippen LogP contribution < -0.4 is 0 Å². The number of para-hydroxylation sites is 2. The van der Waals surface area contributed by atoms with Crippen LogP contribution in [0, 0.1) is 0 Å². The lowest BCUT2D eigenvalue weighted by Gasteiger charge is -2.15. The lowest BCUT2D eigenvalue weighted by molar-refractivity contribution is 1.21. The maximum Gasteiger partial charge on any atom is 0.124 e. The molecule has 0 saturated carbocycles. The first kappa shape index (κ1) is 30.4. The average molecular weight is 703 g/mol. The Hall–Kier alpha value is -6.48. The van der Waals surface area contributed by atoms with Crippen molar-refractivity contribution in [2.24, 2.45) is 0 Å². The third kappa shape index (κ3) is 5.42. The lowest BCUT2D eigenvalue weighted by atomic mass is 9.95. The zero-order valence-corrected chi connectivity index (χ0v) is 29.1. The largest absolute Gasteiger partial charge is 0.255 e. The molecule has 0 fully saturated rings. The number of fused-ring (bicyclic) bond motifs is 3. The molecule has 244 valence electrons. The summed E-state index contributed by atoms with van der Waals surface area (Å²) in [5.74, 6) is 0. The summed E-state index contributed by atoms with van der Waals surface area (Å²) in [6.07, 6.45) is 3.57. The van der Waals surface area contributed by atoms with E-state index < -0.39 is 0 Å². The Labute approximate surface area is 306 Å². The normalized spacial score (nSPS) is 11.5. The molecule has 8 heteroatoms. The Balaban J connectivity index is 1.14. The minimum atomic E-state index is 0.683.